The smallest absolute Gasteiger partial charge is 0.331 e. The molecule has 3 aliphatic heterocycles. The predicted octanol–water partition coefficient (Wildman–Crippen LogP) is 0.498. The largest absolute Gasteiger partial charge is 0.465 e. The molecule has 6 rings (SSSR count). The molecule has 13 heteroatoms. The summed E-state index contributed by atoms with van der Waals surface area (Å²) in [5.74, 6) is -2.42. The first-order valence-electron chi connectivity index (χ1n) is 15.9. The second kappa shape index (κ2) is 11.2. The lowest BCUT2D eigenvalue weighted by molar-refractivity contribution is -0.310. The van der Waals surface area contributed by atoms with Crippen molar-refractivity contribution in [3.05, 3.63) is 23.3 Å². The van der Waals surface area contributed by atoms with Gasteiger partial charge in [-0.15, -0.1) is 0 Å². The topological polar surface area (TPSA) is 195 Å². The number of aliphatic hydroxyl groups is 4. The quantitative estimate of drug-likeness (QED) is 0.177. The number of aliphatic hydroxyl groups excluding tert-OH is 4. The first-order chi connectivity index (χ1) is 21.5. The van der Waals surface area contributed by atoms with Gasteiger partial charge >= 0.3 is 17.9 Å². The van der Waals surface area contributed by atoms with Crippen LogP contribution in [0, 0.1) is 33.5 Å². The fourth-order valence-corrected chi connectivity index (χ4v) is 9.98. The second-order valence-electron chi connectivity index (χ2n) is 14.7. The zero-order valence-corrected chi connectivity index (χ0v) is 26.8. The molecular formula is C33H44O13. The Morgan fingerprint density at radius 1 is 1.07 bits per heavy atom. The summed E-state index contributed by atoms with van der Waals surface area (Å²) in [7, 11) is 0. The molecule has 0 spiro atoms. The van der Waals surface area contributed by atoms with Crippen LogP contribution < -0.4 is 0 Å². The zero-order chi connectivity index (χ0) is 33.6. The van der Waals surface area contributed by atoms with E-state index < -0.39 is 95.0 Å². The maximum atomic E-state index is 14.0. The molecule has 0 aromatic carbocycles. The van der Waals surface area contributed by atoms with Crippen LogP contribution in [0.3, 0.4) is 0 Å². The Morgan fingerprint density at radius 3 is 2.41 bits per heavy atom. The molecule has 254 valence electrons. The molecule has 0 aromatic heterocycles. The van der Waals surface area contributed by atoms with E-state index in [1.54, 1.807) is 0 Å². The van der Waals surface area contributed by atoms with Crippen molar-refractivity contribution < 1.29 is 63.3 Å². The number of hydrogen-bond donors (Lipinski definition) is 4. The van der Waals surface area contributed by atoms with Crippen molar-refractivity contribution >= 4 is 23.7 Å². The number of rotatable bonds is 6. The van der Waals surface area contributed by atoms with Gasteiger partial charge in [0.1, 0.15) is 49.0 Å². The number of fused-ring (bicyclic) bond motifs is 2. The molecule has 3 heterocycles. The van der Waals surface area contributed by atoms with Gasteiger partial charge in [-0.05, 0) is 31.3 Å². The summed E-state index contributed by atoms with van der Waals surface area (Å²) in [6, 6.07) is 0. The highest BCUT2D eigenvalue weighted by Gasteiger charge is 2.74. The molecule has 1 unspecified atom stereocenters. The fraction of sp³-hybridized carbons (Fsp3) is 0.758. The van der Waals surface area contributed by atoms with Crippen molar-refractivity contribution in [3.63, 3.8) is 0 Å². The van der Waals surface area contributed by atoms with Gasteiger partial charge in [0.05, 0.1) is 19.6 Å². The minimum atomic E-state index is -1.68. The number of cyclic esters (lactones) is 1. The van der Waals surface area contributed by atoms with E-state index in [1.165, 1.54) is 13.0 Å². The van der Waals surface area contributed by atoms with Gasteiger partial charge in [0.15, 0.2) is 6.29 Å². The van der Waals surface area contributed by atoms with Crippen LogP contribution in [-0.4, -0.2) is 107 Å². The summed E-state index contributed by atoms with van der Waals surface area (Å²) < 4.78 is 29.4. The Bertz CT molecular complexity index is 1390. The molecule has 0 aromatic rings. The van der Waals surface area contributed by atoms with Crippen LogP contribution in [0.5, 0.6) is 0 Å². The third-order valence-corrected chi connectivity index (χ3v) is 12.4. The van der Waals surface area contributed by atoms with Crippen LogP contribution in [-0.2, 0) is 42.9 Å². The van der Waals surface area contributed by atoms with Gasteiger partial charge in [-0.1, -0.05) is 32.4 Å². The highest BCUT2D eigenvalue weighted by molar-refractivity contribution is 5.90. The SMILES string of the molecule is CC(=O)O[C@@H]1C[C@@](C)(C2(CO[C@@H]3O[C@H](CO)[C@@H](O)[C@H](O)[C@H]3O)COC(=O)C2)C2=CC(=O)O[C@H]3C[C@H]4C(C)=CCC(=O)[C@]4(C)[C@@H]1[C@]23C. The molecule has 6 aliphatic rings. The normalized spacial score (nSPS) is 48.4. The average Bonchev–Trinajstić information content (AvgIpc) is 3.38. The maximum Gasteiger partial charge on any atom is 0.331 e. The number of carbonyl (C=O) groups excluding carboxylic acids is 4. The highest BCUT2D eigenvalue weighted by atomic mass is 16.7. The summed E-state index contributed by atoms with van der Waals surface area (Å²) in [6.07, 6.45) is -5.21. The molecule has 2 saturated carbocycles. The van der Waals surface area contributed by atoms with E-state index in [-0.39, 0.29) is 44.2 Å². The lowest BCUT2D eigenvalue weighted by atomic mass is 9.36. The minimum Gasteiger partial charge on any atom is -0.465 e. The Morgan fingerprint density at radius 2 is 1.78 bits per heavy atom. The van der Waals surface area contributed by atoms with E-state index >= 15 is 0 Å². The summed E-state index contributed by atoms with van der Waals surface area (Å²) in [5, 5.41) is 41.0. The summed E-state index contributed by atoms with van der Waals surface area (Å²) >= 11 is 0. The van der Waals surface area contributed by atoms with Crippen LogP contribution in [0.15, 0.2) is 23.3 Å². The Balaban J connectivity index is 1.47. The van der Waals surface area contributed by atoms with E-state index in [4.69, 9.17) is 23.7 Å². The van der Waals surface area contributed by atoms with Crippen molar-refractivity contribution in [3.8, 4) is 0 Å². The number of Topliss-reactive ketones (excluding diaryl/α,β-unsaturated/α-hetero) is 1. The summed E-state index contributed by atoms with van der Waals surface area (Å²) in [5.41, 5.74) is -2.61. The van der Waals surface area contributed by atoms with Crippen molar-refractivity contribution in [2.75, 3.05) is 19.8 Å². The lowest BCUT2D eigenvalue weighted by Crippen LogP contribution is -2.71. The van der Waals surface area contributed by atoms with Crippen LogP contribution in [0.4, 0.5) is 0 Å². The second-order valence-corrected chi connectivity index (χ2v) is 14.7. The van der Waals surface area contributed by atoms with Gasteiger partial charge in [-0.25, -0.2) is 4.79 Å². The highest BCUT2D eigenvalue weighted by Crippen LogP contribution is 2.72. The van der Waals surface area contributed by atoms with Gasteiger partial charge in [0, 0.05) is 47.0 Å². The number of esters is 3. The van der Waals surface area contributed by atoms with Gasteiger partial charge in [-0.3, -0.25) is 14.4 Å². The third kappa shape index (κ3) is 4.56. The summed E-state index contributed by atoms with van der Waals surface area (Å²) in [4.78, 5) is 52.9. The number of ketones is 1. The number of allylic oxidation sites excluding steroid dienone is 2. The van der Waals surface area contributed by atoms with Gasteiger partial charge in [0.25, 0.3) is 0 Å². The molecule has 0 radical (unpaired) electrons. The van der Waals surface area contributed by atoms with Gasteiger partial charge in [0.2, 0.25) is 0 Å². The molecule has 13 nitrogen and oxygen atoms in total. The van der Waals surface area contributed by atoms with E-state index in [0.717, 1.165) is 5.57 Å². The first-order valence-corrected chi connectivity index (χ1v) is 15.9. The average molecular weight is 649 g/mol. The minimum absolute atomic E-state index is 0.0184. The monoisotopic (exact) mass is 648 g/mol. The van der Waals surface area contributed by atoms with Crippen LogP contribution in [0.25, 0.3) is 0 Å². The number of ether oxygens (including phenoxy) is 5. The zero-order valence-electron chi connectivity index (χ0n) is 26.8. The van der Waals surface area contributed by atoms with E-state index in [1.807, 2.05) is 33.8 Å². The first kappa shape index (κ1) is 33.2. The van der Waals surface area contributed by atoms with Gasteiger partial charge < -0.3 is 44.1 Å². The van der Waals surface area contributed by atoms with E-state index in [9.17, 15) is 39.6 Å². The van der Waals surface area contributed by atoms with Crippen LogP contribution in [0.2, 0.25) is 0 Å². The standard InChI is InChI=1S/C33H44O13/c1-15-6-7-21(36)31(4)17(15)8-22-32(5)20(9-23(37)46-22)30(3,10-18(28(31)32)44-16(2)35)33(11-24(38)42-13-33)14-43-29-27(41)26(40)25(39)19(12-34)45-29/h6,9,17-19,22,25-29,34,39-41H,7-8,10-14H2,1-5H3/t17-,18+,19+,22-,25+,26-,27+,28+,29+,30+,31+,32+,33?/m0/s1. The molecule has 46 heavy (non-hydrogen) atoms. The van der Waals surface area contributed by atoms with E-state index in [2.05, 4.69) is 0 Å². The van der Waals surface area contributed by atoms with Crippen molar-refractivity contribution in [1.29, 1.82) is 0 Å². The van der Waals surface area contributed by atoms with Crippen molar-refractivity contribution in [2.24, 2.45) is 33.5 Å². The Labute approximate surface area is 266 Å². The molecule has 4 fully saturated rings. The maximum absolute atomic E-state index is 14.0. The van der Waals surface area contributed by atoms with Crippen molar-refractivity contribution in [2.45, 2.75) is 103 Å². The Hall–Kier alpha value is -2.68. The number of carbonyl (C=O) groups is 4. The van der Waals surface area contributed by atoms with Crippen LogP contribution >= 0.6 is 0 Å². The van der Waals surface area contributed by atoms with Crippen molar-refractivity contribution in [1.82, 2.24) is 0 Å². The fourth-order valence-electron chi connectivity index (χ4n) is 9.98. The molecule has 0 bridgehead atoms. The molecule has 0 amide bonds. The predicted molar refractivity (Wildman–Crippen MR) is 155 cm³/mol. The summed E-state index contributed by atoms with van der Waals surface area (Å²) in [6.45, 7) is 7.95. The van der Waals surface area contributed by atoms with Gasteiger partial charge in [-0.2, -0.15) is 0 Å². The molecular weight excluding hydrogens is 604 g/mol. The molecule has 2 saturated heterocycles. The molecule has 4 N–H and O–H groups in total. The van der Waals surface area contributed by atoms with Crippen LogP contribution in [0.1, 0.15) is 60.3 Å². The Kier molecular flexibility index (Phi) is 8.09. The molecule has 13 atom stereocenters. The molecule has 3 aliphatic carbocycles. The van der Waals surface area contributed by atoms with E-state index in [0.29, 0.717) is 12.0 Å². The number of hydrogen-bond acceptors (Lipinski definition) is 13. The third-order valence-electron chi connectivity index (χ3n) is 12.4. The lowest BCUT2D eigenvalue weighted by Gasteiger charge is -2.68.